The largest absolute Gasteiger partial charge is 0.389 e. The van der Waals surface area contributed by atoms with Crippen molar-refractivity contribution in [3.05, 3.63) is 36.2 Å². The fraction of sp³-hybridized carbons (Fsp3) is 0.593. The Labute approximate surface area is 221 Å². The Morgan fingerprint density at radius 3 is 2.53 bits per heavy atom. The van der Waals surface area contributed by atoms with Crippen molar-refractivity contribution >= 4 is 22.8 Å². The minimum absolute atomic E-state index is 0.333. The highest BCUT2D eigenvalue weighted by Gasteiger charge is 2.25. The summed E-state index contributed by atoms with van der Waals surface area (Å²) in [5, 5.41) is 16.9. The molecule has 1 aromatic carbocycles. The number of hydrogen-bond acceptors (Lipinski definition) is 8. The minimum atomic E-state index is -2.75. The van der Waals surface area contributed by atoms with Gasteiger partial charge in [0, 0.05) is 38.3 Å². The van der Waals surface area contributed by atoms with Crippen molar-refractivity contribution in [1.82, 2.24) is 24.8 Å². The monoisotopic (exact) mass is 529 g/mol. The van der Waals surface area contributed by atoms with E-state index in [4.69, 9.17) is 14.7 Å². The Hall–Kier alpha value is -2.89. The quantitative estimate of drug-likeness (QED) is 0.384. The molecule has 2 fully saturated rings. The number of hydrogen-bond donors (Lipinski definition) is 3. The molecule has 0 amide bonds. The fourth-order valence-corrected chi connectivity index (χ4v) is 5.18. The fourth-order valence-electron chi connectivity index (χ4n) is 5.18. The van der Waals surface area contributed by atoms with Crippen molar-refractivity contribution in [2.24, 2.45) is 5.92 Å². The zero-order chi connectivity index (χ0) is 26.7. The van der Waals surface area contributed by atoms with Gasteiger partial charge in [0.1, 0.15) is 11.6 Å². The summed E-state index contributed by atoms with van der Waals surface area (Å²) in [5.41, 5.74) is 0.363. The molecule has 0 spiro atoms. The lowest BCUT2D eigenvalue weighted by atomic mass is 9.85. The molecule has 0 bridgehead atoms. The number of ether oxygens (including phenoxy) is 1. The predicted octanol–water partition coefficient (Wildman–Crippen LogP) is 3.92. The Balaban J connectivity index is 1.36. The summed E-state index contributed by atoms with van der Waals surface area (Å²) in [6.07, 6.45) is 1.48. The highest BCUT2D eigenvalue weighted by Crippen LogP contribution is 2.30. The van der Waals surface area contributed by atoms with Gasteiger partial charge in [-0.2, -0.15) is 9.97 Å². The number of fused-ring (bicyclic) bond motifs is 1. The van der Waals surface area contributed by atoms with Crippen LogP contribution in [-0.2, 0) is 4.74 Å². The first-order valence-electron chi connectivity index (χ1n) is 13.4. The van der Waals surface area contributed by atoms with E-state index in [1.54, 1.807) is 24.3 Å². The standard InChI is InChI=1S/C27H37F2N7O2/c1-27(2,37)17-31-19-9-7-18(8-10-19)16-30-22-15-23(34-26(33-22)35-11-13-38-14-12-35)36-21-6-4-3-5-20(21)32-25(36)24(28)29/h3-6,15,18-19,24,31,37H,7-14,16-17H2,1-2H3,(H,30,33,34)/t18-,19-. The van der Waals surface area contributed by atoms with Crippen LogP contribution in [0.5, 0.6) is 0 Å². The number of aromatic nitrogens is 4. The second-order valence-electron chi connectivity index (χ2n) is 10.9. The average Bonchev–Trinajstić information content (AvgIpc) is 3.31. The van der Waals surface area contributed by atoms with Crippen molar-refractivity contribution < 1.29 is 18.6 Å². The second-order valence-corrected chi connectivity index (χ2v) is 10.9. The van der Waals surface area contributed by atoms with E-state index in [0.717, 1.165) is 32.2 Å². The zero-order valence-corrected chi connectivity index (χ0v) is 22.0. The van der Waals surface area contributed by atoms with E-state index >= 15 is 0 Å². The number of rotatable bonds is 9. The molecule has 0 unspecified atom stereocenters. The molecule has 2 aromatic heterocycles. The first-order chi connectivity index (χ1) is 18.3. The van der Waals surface area contributed by atoms with Crippen molar-refractivity contribution in [3.8, 4) is 5.82 Å². The second kappa shape index (κ2) is 11.5. The van der Waals surface area contributed by atoms with Crippen LogP contribution in [0, 0.1) is 5.92 Å². The van der Waals surface area contributed by atoms with Crippen LogP contribution in [0.4, 0.5) is 20.5 Å². The molecule has 206 valence electrons. The number of imidazole rings is 1. The number of nitrogens with one attached hydrogen (secondary N) is 2. The SMILES string of the molecule is CC(C)(O)CN[C@H]1CC[C@H](CNc2cc(-n3c(C(F)F)nc4ccccc43)nc(N3CCOCC3)n2)CC1. The number of para-hydroxylation sites is 2. The van der Waals surface area contributed by atoms with Crippen LogP contribution in [0.2, 0.25) is 0 Å². The van der Waals surface area contributed by atoms with Crippen LogP contribution < -0.4 is 15.5 Å². The maximum atomic E-state index is 14.1. The number of alkyl halides is 2. The van der Waals surface area contributed by atoms with E-state index in [2.05, 4.69) is 15.6 Å². The van der Waals surface area contributed by atoms with E-state index in [1.807, 2.05) is 24.8 Å². The van der Waals surface area contributed by atoms with Gasteiger partial charge >= 0.3 is 0 Å². The molecule has 5 rings (SSSR count). The lowest BCUT2D eigenvalue weighted by molar-refractivity contribution is 0.0737. The average molecular weight is 530 g/mol. The number of benzene rings is 1. The van der Waals surface area contributed by atoms with Gasteiger partial charge in [0.05, 0.1) is 29.8 Å². The molecule has 3 N–H and O–H groups in total. The third-order valence-electron chi connectivity index (χ3n) is 7.25. The van der Waals surface area contributed by atoms with Crippen LogP contribution in [-0.4, -0.2) is 75.7 Å². The van der Waals surface area contributed by atoms with Crippen molar-refractivity contribution in [2.45, 2.75) is 57.6 Å². The van der Waals surface area contributed by atoms with Gasteiger partial charge in [-0.1, -0.05) is 12.1 Å². The van der Waals surface area contributed by atoms with E-state index in [-0.39, 0.29) is 5.82 Å². The topological polar surface area (TPSA) is 100 Å². The molecule has 3 heterocycles. The van der Waals surface area contributed by atoms with Crippen LogP contribution in [0.3, 0.4) is 0 Å². The van der Waals surface area contributed by atoms with Gasteiger partial charge < -0.3 is 25.4 Å². The first-order valence-corrected chi connectivity index (χ1v) is 13.4. The van der Waals surface area contributed by atoms with Gasteiger partial charge in [-0.25, -0.2) is 13.8 Å². The Morgan fingerprint density at radius 1 is 1.08 bits per heavy atom. The Kier molecular flexibility index (Phi) is 8.06. The summed E-state index contributed by atoms with van der Waals surface area (Å²) >= 11 is 0. The third-order valence-corrected chi connectivity index (χ3v) is 7.25. The van der Waals surface area contributed by atoms with Gasteiger partial charge in [-0.15, -0.1) is 0 Å². The summed E-state index contributed by atoms with van der Waals surface area (Å²) in [7, 11) is 0. The summed E-state index contributed by atoms with van der Waals surface area (Å²) in [6, 6.07) is 9.26. The number of morpholine rings is 1. The van der Waals surface area contributed by atoms with Gasteiger partial charge in [-0.3, -0.25) is 4.57 Å². The molecular weight excluding hydrogens is 492 g/mol. The molecule has 1 saturated heterocycles. The van der Waals surface area contributed by atoms with E-state index < -0.39 is 12.0 Å². The number of nitrogens with zero attached hydrogens (tertiary/aromatic N) is 5. The van der Waals surface area contributed by atoms with Gasteiger partial charge in [0.2, 0.25) is 5.95 Å². The summed E-state index contributed by atoms with van der Waals surface area (Å²) in [4.78, 5) is 15.7. The van der Waals surface area contributed by atoms with Crippen molar-refractivity contribution in [1.29, 1.82) is 0 Å². The van der Waals surface area contributed by atoms with Crippen LogP contribution >= 0.6 is 0 Å². The van der Waals surface area contributed by atoms with Crippen LogP contribution in [0.1, 0.15) is 51.8 Å². The first kappa shape index (κ1) is 26.7. The number of anilines is 2. The molecule has 11 heteroatoms. The van der Waals surface area contributed by atoms with E-state index in [0.29, 0.717) is 73.4 Å². The predicted molar refractivity (Wildman–Crippen MR) is 143 cm³/mol. The maximum absolute atomic E-state index is 14.1. The summed E-state index contributed by atoms with van der Waals surface area (Å²) in [5.74, 6) is 1.61. The lowest BCUT2D eigenvalue weighted by Gasteiger charge is -2.31. The minimum Gasteiger partial charge on any atom is -0.389 e. The molecule has 1 saturated carbocycles. The van der Waals surface area contributed by atoms with E-state index in [9.17, 15) is 13.9 Å². The van der Waals surface area contributed by atoms with Gasteiger partial charge in [-0.05, 0) is 57.6 Å². The highest BCUT2D eigenvalue weighted by atomic mass is 19.3. The van der Waals surface area contributed by atoms with Crippen LogP contribution in [0.15, 0.2) is 30.3 Å². The molecule has 2 aliphatic rings. The molecule has 38 heavy (non-hydrogen) atoms. The molecule has 1 aliphatic heterocycles. The molecule has 9 nitrogen and oxygen atoms in total. The van der Waals surface area contributed by atoms with Crippen LogP contribution in [0.25, 0.3) is 16.9 Å². The normalized spacial score (nSPS) is 20.8. The molecule has 0 radical (unpaired) electrons. The van der Waals surface area contributed by atoms with Crippen molar-refractivity contribution in [2.75, 3.05) is 49.6 Å². The highest BCUT2D eigenvalue weighted by molar-refractivity contribution is 5.78. The molecular formula is C27H37F2N7O2. The number of aliphatic hydroxyl groups is 1. The molecule has 3 aromatic rings. The Morgan fingerprint density at radius 2 is 1.82 bits per heavy atom. The van der Waals surface area contributed by atoms with Gasteiger partial charge in [0.25, 0.3) is 6.43 Å². The van der Waals surface area contributed by atoms with E-state index in [1.165, 1.54) is 4.57 Å². The maximum Gasteiger partial charge on any atom is 0.296 e. The summed E-state index contributed by atoms with van der Waals surface area (Å²) in [6.45, 7) is 7.35. The Bertz CT molecular complexity index is 1220. The van der Waals surface area contributed by atoms with Gasteiger partial charge in [0.15, 0.2) is 5.82 Å². The number of halogens is 2. The zero-order valence-electron chi connectivity index (χ0n) is 22.0. The third kappa shape index (κ3) is 6.39. The summed E-state index contributed by atoms with van der Waals surface area (Å²) < 4.78 is 35.1. The van der Waals surface area contributed by atoms with Crippen molar-refractivity contribution in [3.63, 3.8) is 0 Å². The molecule has 0 atom stereocenters. The molecule has 1 aliphatic carbocycles. The smallest absolute Gasteiger partial charge is 0.296 e. The lowest BCUT2D eigenvalue weighted by Crippen LogP contribution is -2.42.